The number of hydrogen-bond acceptors (Lipinski definition) is 1. The molecule has 158 valence electrons. The molecular weight excluding hydrogens is 340 g/mol. The third-order valence-corrected chi connectivity index (χ3v) is 9.71. The monoisotopic (exact) mass is 384 g/mol. The normalized spacial score (nSPS) is 39.9. The van der Waals surface area contributed by atoms with Crippen molar-refractivity contribution in [2.75, 3.05) is 0 Å². The van der Waals surface area contributed by atoms with Crippen molar-refractivity contribution < 1.29 is 5.11 Å². The summed E-state index contributed by atoms with van der Waals surface area (Å²) in [4.78, 5) is 0. The van der Waals surface area contributed by atoms with E-state index in [0.29, 0.717) is 28.6 Å². The van der Waals surface area contributed by atoms with Crippen LogP contribution in [0.4, 0.5) is 0 Å². The van der Waals surface area contributed by atoms with Crippen molar-refractivity contribution in [3.8, 4) is 0 Å². The largest absolute Gasteiger partial charge is 0.393 e. The Balaban J connectivity index is 1.57. The van der Waals surface area contributed by atoms with Gasteiger partial charge in [0.05, 0.1) is 6.10 Å². The van der Waals surface area contributed by atoms with Crippen LogP contribution in [-0.4, -0.2) is 11.2 Å². The molecular formula is C27H44O. The Kier molecular flexibility index (Phi) is 5.62. The third kappa shape index (κ3) is 3.24. The van der Waals surface area contributed by atoms with Gasteiger partial charge in [0.15, 0.2) is 0 Å². The lowest BCUT2D eigenvalue weighted by atomic mass is 9.51. The van der Waals surface area contributed by atoms with Gasteiger partial charge in [-0.05, 0) is 103 Å². The van der Waals surface area contributed by atoms with Gasteiger partial charge in [-0.15, -0.1) is 0 Å². The van der Waals surface area contributed by atoms with Crippen molar-refractivity contribution in [2.45, 2.75) is 111 Å². The lowest BCUT2D eigenvalue weighted by Gasteiger charge is -2.53. The fourth-order valence-corrected chi connectivity index (χ4v) is 7.75. The average Bonchev–Trinajstić information content (AvgIpc) is 3.02. The van der Waals surface area contributed by atoms with Crippen molar-refractivity contribution in [1.82, 2.24) is 0 Å². The molecule has 0 spiro atoms. The van der Waals surface area contributed by atoms with Crippen LogP contribution in [0.25, 0.3) is 0 Å². The molecule has 4 aliphatic rings. The van der Waals surface area contributed by atoms with Crippen molar-refractivity contribution in [1.29, 1.82) is 0 Å². The Labute approximate surface area is 174 Å². The summed E-state index contributed by atoms with van der Waals surface area (Å²) in [6, 6.07) is 0. The van der Waals surface area contributed by atoms with E-state index in [0.717, 1.165) is 18.8 Å². The van der Waals surface area contributed by atoms with Gasteiger partial charge in [0.1, 0.15) is 0 Å². The van der Waals surface area contributed by atoms with Crippen molar-refractivity contribution in [3.05, 3.63) is 22.8 Å². The maximum absolute atomic E-state index is 10.9. The summed E-state index contributed by atoms with van der Waals surface area (Å²) in [6.45, 7) is 12.0. The van der Waals surface area contributed by atoms with Gasteiger partial charge in [-0.1, -0.05) is 59.1 Å². The van der Waals surface area contributed by atoms with Crippen LogP contribution in [0.3, 0.4) is 0 Å². The first kappa shape index (κ1) is 20.7. The van der Waals surface area contributed by atoms with Crippen LogP contribution < -0.4 is 0 Å². The first-order valence-electron chi connectivity index (χ1n) is 12.4. The SMILES string of the molecule is CC(C)CC[C@H](O)[C@@H](C)[C@H]1CC=C2C3=C(CC[C@@]21C)[C@@]1(C)CCCCC1CC3. The van der Waals surface area contributed by atoms with Gasteiger partial charge in [0.25, 0.3) is 0 Å². The number of hydrogen-bond donors (Lipinski definition) is 1. The Morgan fingerprint density at radius 1 is 1.00 bits per heavy atom. The maximum atomic E-state index is 10.9. The summed E-state index contributed by atoms with van der Waals surface area (Å²) in [5.74, 6) is 2.65. The number of rotatable bonds is 5. The van der Waals surface area contributed by atoms with E-state index in [1.54, 1.807) is 11.1 Å². The van der Waals surface area contributed by atoms with Gasteiger partial charge in [-0.25, -0.2) is 0 Å². The molecule has 0 radical (unpaired) electrons. The van der Waals surface area contributed by atoms with Crippen LogP contribution in [0.5, 0.6) is 0 Å². The Morgan fingerprint density at radius 3 is 2.54 bits per heavy atom. The molecule has 0 amide bonds. The molecule has 1 saturated carbocycles. The fourth-order valence-electron chi connectivity index (χ4n) is 7.75. The molecule has 0 bridgehead atoms. The summed E-state index contributed by atoms with van der Waals surface area (Å²) in [7, 11) is 0. The zero-order valence-electron chi connectivity index (χ0n) is 19.2. The molecule has 6 atom stereocenters. The smallest absolute Gasteiger partial charge is 0.0568 e. The summed E-state index contributed by atoms with van der Waals surface area (Å²) < 4.78 is 0. The van der Waals surface area contributed by atoms with Gasteiger partial charge >= 0.3 is 0 Å². The molecule has 4 aliphatic carbocycles. The molecule has 0 heterocycles. The van der Waals surface area contributed by atoms with Crippen molar-refractivity contribution in [3.63, 3.8) is 0 Å². The van der Waals surface area contributed by atoms with E-state index in [-0.39, 0.29) is 6.10 Å². The molecule has 0 aromatic rings. The van der Waals surface area contributed by atoms with Crippen molar-refractivity contribution in [2.24, 2.45) is 34.5 Å². The van der Waals surface area contributed by atoms with E-state index < -0.39 is 0 Å². The highest BCUT2D eigenvalue weighted by atomic mass is 16.3. The van der Waals surface area contributed by atoms with E-state index in [4.69, 9.17) is 0 Å². The van der Waals surface area contributed by atoms with Gasteiger partial charge in [-0.3, -0.25) is 0 Å². The highest BCUT2D eigenvalue weighted by Crippen LogP contribution is 2.64. The van der Waals surface area contributed by atoms with Crippen LogP contribution in [0.2, 0.25) is 0 Å². The van der Waals surface area contributed by atoms with Crippen LogP contribution in [-0.2, 0) is 0 Å². The number of aliphatic hydroxyl groups excluding tert-OH is 1. The highest BCUT2D eigenvalue weighted by Gasteiger charge is 2.52. The molecule has 1 heteroatoms. The Bertz CT molecular complexity index is 655. The second-order valence-electron chi connectivity index (χ2n) is 11.6. The molecule has 1 nitrogen and oxygen atoms in total. The lowest BCUT2D eigenvalue weighted by Crippen LogP contribution is -2.42. The molecule has 0 saturated heterocycles. The summed E-state index contributed by atoms with van der Waals surface area (Å²) >= 11 is 0. The topological polar surface area (TPSA) is 20.2 Å². The fraction of sp³-hybridized carbons (Fsp3) is 0.852. The molecule has 0 aliphatic heterocycles. The minimum absolute atomic E-state index is 0.140. The Hall–Kier alpha value is -0.560. The molecule has 0 aromatic carbocycles. The van der Waals surface area contributed by atoms with Crippen LogP contribution in [0.15, 0.2) is 22.8 Å². The molecule has 1 fully saturated rings. The standard InChI is InChI=1S/C27H44O/c1-18(2)9-14-25(28)19(3)22-12-13-23-21-11-10-20-8-6-7-16-26(20,4)24(21)15-17-27(22,23)5/h13,18-20,22,25,28H,6-12,14-17H2,1-5H3/t19-,20?,22+,25-,26-,27+/m0/s1. The van der Waals surface area contributed by atoms with E-state index in [1.807, 2.05) is 5.57 Å². The Morgan fingerprint density at radius 2 is 1.79 bits per heavy atom. The first-order valence-corrected chi connectivity index (χ1v) is 12.4. The van der Waals surface area contributed by atoms with Gasteiger partial charge < -0.3 is 5.11 Å². The predicted molar refractivity (Wildman–Crippen MR) is 119 cm³/mol. The van der Waals surface area contributed by atoms with E-state index in [9.17, 15) is 5.11 Å². The van der Waals surface area contributed by atoms with E-state index in [1.165, 1.54) is 57.8 Å². The van der Waals surface area contributed by atoms with Crippen LogP contribution in [0.1, 0.15) is 105 Å². The summed E-state index contributed by atoms with van der Waals surface area (Å²) in [6.07, 6.45) is 16.9. The first-order chi connectivity index (χ1) is 13.3. The number of allylic oxidation sites excluding steroid dienone is 4. The number of fused-ring (bicyclic) bond motifs is 4. The van der Waals surface area contributed by atoms with Gasteiger partial charge in [0, 0.05) is 0 Å². The zero-order chi connectivity index (χ0) is 20.1. The minimum atomic E-state index is -0.140. The predicted octanol–water partition coefficient (Wildman–Crippen LogP) is 7.45. The average molecular weight is 385 g/mol. The van der Waals surface area contributed by atoms with Gasteiger partial charge in [0.2, 0.25) is 0 Å². The second kappa shape index (κ2) is 7.60. The second-order valence-corrected chi connectivity index (χ2v) is 11.6. The summed E-state index contributed by atoms with van der Waals surface area (Å²) in [5.41, 5.74) is 6.15. The summed E-state index contributed by atoms with van der Waals surface area (Å²) in [5, 5.41) is 10.9. The van der Waals surface area contributed by atoms with E-state index in [2.05, 4.69) is 40.7 Å². The quantitative estimate of drug-likeness (QED) is 0.521. The van der Waals surface area contributed by atoms with Crippen molar-refractivity contribution >= 4 is 0 Å². The molecule has 1 N–H and O–H groups in total. The molecule has 4 rings (SSSR count). The molecule has 28 heavy (non-hydrogen) atoms. The molecule has 0 aromatic heterocycles. The highest BCUT2D eigenvalue weighted by molar-refractivity contribution is 5.49. The van der Waals surface area contributed by atoms with E-state index >= 15 is 0 Å². The molecule has 1 unspecified atom stereocenters. The minimum Gasteiger partial charge on any atom is -0.393 e. The maximum Gasteiger partial charge on any atom is 0.0568 e. The zero-order valence-corrected chi connectivity index (χ0v) is 19.2. The van der Waals surface area contributed by atoms with Crippen LogP contribution in [0, 0.1) is 34.5 Å². The van der Waals surface area contributed by atoms with Gasteiger partial charge in [-0.2, -0.15) is 0 Å². The number of aliphatic hydroxyl groups is 1. The van der Waals surface area contributed by atoms with Crippen LogP contribution >= 0.6 is 0 Å². The third-order valence-electron chi connectivity index (χ3n) is 9.71. The lowest BCUT2D eigenvalue weighted by molar-refractivity contribution is 0.0321.